The van der Waals surface area contributed by atoms with Crippen LogP contribution < -0.4 is 10.5 Å². The molecule has 0 fully saturated rings. The Morgan fingerprint density at radius 3 is 3.00 bits per heavy atom. The van der Waals surface area contributed by atoms with Gasteiger partial charge in [-0.1, -0.05) is 0 Å². The van der Waals surface area contributed by atoms with Gasteiger partial charge >= 0.3 is 0 Å². The highest BCUT2D eigenvalue weighted by molar-refractivity contribution is 5.57. The Labute approximate surface area is 131 Å². The first-order chi connectivity index (χ1) is 11.3. The van der Waals surface area contributed by atoms with E-state index in [1.54, 1.807) is 4.52 Å². The number of rotatable bonds is 1. The normalized spacial score (nSPS) is 16.6. The molecule has 3 aromatic heterocycles. The lowest BCUT2D eigenvalue weighted by Crippen LogP contribution is -2.37. The lowest BCUT2D eigenvalue weighted by Gasteiger charge is -2.30. The molecule has 116 valence electrons. The van der Waals surface area contributed by atoms with Gasteiger partial charge in [-0.15, -0.1) is 0 Å². The van der Waals surface area contributed by atoms with Crippen LogP contribution in [0.4, 0.5) is 5.82 Å². The quantitative estimate of drug-likeness (QED) is 0.693. The highest BCUT2D eigenvalue weighted by atomic mass is 16.1. The molecule has 3 aromatic rings. The van der Waals surface area contributed by atoms with Crippen LogP contribution in [0.2, 0.25) is 0 Å². The molecule has 1 aliphatic heterocycles. The van der Waals surface area contributed by atoms with Gasteiger partial charge in [0.25, 0.3) is 11.3 Å². The summed E-state index contributed by atoms with van der Waals surface area (Å²) in [5, 5.41) is 4.35. The minimum Gasteiger partial charge on any atom is -0.351 e. The zero-order valence-corrected chi connectivity index (χ0v) is 12.5. The maximum Gasteiger partial charge on any atom is 0.255 e. The number of hydrogen-bond acceptors (Lipinski definition) is 6. The SMILES string of the molecule is O=c1[nH]cnc2c1CN(c1c3c(nc4ncnn14)CCC3)CC2. The van der Waals surface area contributed by atoms with Gasteiger partial charge in [0.1, 0.15) is 12.1 Å². The molecule has 1 aliphatic carbocycles. The fourth-order valence-electron chi connectivity index (χ4n) is 3.66. The standard InChI is InChI=1S/C15H15N7O/c23-13-10-6-21(5-4-11(10)16-7-17-13)14-9-2-1-3-12(9)20-15-18-8-19-22(14)15/h7-8H,1-6H2,(H,16,17,23). The third kappa shape index (κ3) is 1.81. The number of aromatic amines is 1. The zero-order chi connectivity index (χ0) is 15.4. The maximum atomic E-state index is 12.1. The Kier molecular flexibility index (Phi) is 2.55. The van der Waals surface area contributed by atoms with Gasteiger partial charge in [-0.3, -0.25) is 4.79 Å². The molecule has 0 saturated carbocycles. The van der Waals surface area contributed by atoms with Gasteiger partial charge in [-0.2, -0.15) is 14.6 Å². The van der Waals surface area contributed by atoms with Gasteiger partial charge in [0, 0.05) is 18.5 Å². The summed E-state index contributed by atoms with van der Waals surface area (Å²) in [5.74, 6) is 1.67. The van der Waals surface area contributed by atoms with Gasteiger partial charge in [0.15, 0.2) is 0 Å². The van der Waals surface area contributed by atoms with E-state index >= 15 is 0 Å². The molecule has 0 amide bonds. The second-order valence-corrected chi connectivity index (χ2v) is 6.01. The van der Waals surface area contributed by atoms with E-state index in [0.29, 0.717) is 12.3 Å². The van der Waals surface area contributed by atoms with E-state index in [1.165, 1.54) is 18.2 Å². The number of H-pyrrole nitrogens is 1. The van der Waals surface area contributed by atoms with Crippen molar-refractivity contribution in [2.75, 3.05) is 11.4 Å². The fraction of sp³-hybridized carbons (Fsp3) is 0.400. The Bertz CT molecular complexity index is 974. The first-order valence-electron chi connectivity index (χ1n) is 7.83. The summed E-state index contributed by atoms with van der Waals surface area (Å²) < 4.78 is 1.81. The molecule has 8 heteroatoms. The third-order valence-electron chi connectivity index (χ3n) is 4.73. The number of nitrogens with one attached hydrogen (secondary N) is 1. The summed E-state index contributed by atoms with van der Waals surface area (Å²) in [6.45, 7) is 1.36. The van der Waals surface area contributed by atoms with Gasteiger partial charge in [-0.25, -0.2) is 9.97 Å². The van der Waals surface area contributed by atoms with Crippen LogP contribution in [0.5, 0.6) is 0 Å². The van der Waals surface area contributed by atoms with E-state index < -0.39 is 0 Å². The van der Waals surface area contributed by atoms with Crippen LogP contribution >= 0.6 is 0 Å². The molecular weight excluding hydrogens is 294 g/mol. The third-order valence-corrected chi connectivity index (χ3v) is 4.73. The topological polar surface area (TPSA) is 92.1 Å². The summed E-state index contributed by atoms with van der Waals surface area (Å²) in [6, 6.07) is 0. The van der Waals surface area contributed by atoms with Crippen LogP contribution in [-0.2, 0) is 25.8 Å². The molecule has 0 saturated heterocycles. The van der Waals surface area contributed by atoms with Gasteiger partial charge in [0.2, 0.25) is 0 Å². The van der Waals surface area contributed by atoms with Crippen molar-refractivity contribution in [3.63, 3.8) is 0 Å². The molecule has 0 unspecified atom stereocenters. The Hall–Kier alpha value is -2.77. The highest BCUT2D eigenvalue weighted by Crippen LogP contribution is 2.32. The van der Waals surface area contributed by atoms with Crippen molar-refractivity contribution >= 4 is 11.6 Å². The number of anilines is 1. The largest absolute Gasteiger partial charge is 0.351 e. The molecular formula is C15H15N7O. The summed E-state index contributed by atoms with van der Waals surface area (Å²) in [6.07, 6.45) is 6.87. The first-order valence-corrected chi connectivity index (χ1v) is 7.83. The van der Waals surface area contributed by atoms with E-state index in [1.807, 2.05) is 0 Å². The molecule has 0 atom stereocenters. The van der Waals surface area contributed by atoms with Gasteiger partial charge in [0.05, 0.1) is 29.8 Å². The molecule has 2 aliphatic rings. The zero-order valence-electron chi connectivity index (χ0n) is 12.5. The van der Waals surface area contributed by atoms with E-state index in [-0.39, 0.29) is 5.56 Å². The van der Waals surface area contributed by atoms with Crippen molar-refractivity contribution in [2.45, 2.75) is 32.2 Å². The summed E-state index contributed by atoms with van der Waals surface area (Å²) in [4.78, 5) is 30.2. The molecule has 8 nitrogen and oxygen atoms in total. The number of hydrogen-bond donors (Lipinski definition) is 1. The Morgan fingerprint density at radius 2 is 2.04 bits per heavy atom. The van der Waals surface area contributed by atoms with E-state index in [0.717, 1.165) is 55.0 Å². The molecule has 5 rings (SSSR count). The van der Waals surface area contributed by atoms with Crippen molar-refractivity contribution in [1.29, 1.82) is 0 Å². The molecule has 0 bridgehead atoms. The smallest absolute Gasteiger partial charge is 0.255 e. The fourth-order valence-corrected chi connectivity index (χ4v) is 3.66. The Morgan fingerprint density at radius 1 is 1.09 bits per heavy atom. The number of nitrogens with zero attached hydrogens (tertiary/aromatic N) is 6. The van der Waals surface area contributed by atoms with Crippen molar-refractivity contribution in [3.8, 4) is 0 Å². The first kappa shape index (κ1) is 12.7. The average Bonchev–Trinajstić information content (AvgIpc) is 3.21. The van der Waals surface area contributed by atoms with Crippen molar-refractivity contribution in [2.24, 2.45) is 0 Å². The van der Waals surface area contributed by atoms with Gasteiger partial charge in [-0.05, 0) is 19.3 Å². The van der Waals surface area contributed by atoms with Crippen LogP contribution in [0.15, 0.2) is 17.4 Å². The van der Waals surface area contributed by atoms with Crippen molar-refractivity contribution < 1.29 is 0 Å². The van der Waals surface area contributed by atoms with Gasteiger partial charge < -0.3 is 9.88 Å². The molecule has 0 radical (unpaired) electrons. The van der Waals surface area contributed by atoms with Crippen molar-refractivity contribution in [3.05, 3.63) is 45.5 Å². The van der Waals surface area contributed by atoms with E-state index in [2.05, 4.69) is 29.9 Å². The molecule has 23 heavy (non-hydrogen) atoms. The summed E-state index contributed by atoms with van der Waals surface area (Å²) in [5.41, 5.74) is 3.94. The molecule has 0 spiro atoms. The second kappa shape index (κ2) is 4.61. The average molecular weight is 309 g/mol. The van der Waals surface area contributed by atoms with Crippen LogP contribution in [0, 0.1) is 0 Å². The summed E-state index contributed by atoms with van der Waals surface area (Å²) in [7, 11) is 0. The lowest BCUT2D eigenvalue weighted by atomic mass is 10.1. The predicted octanol–water partition coefficient (Wildman–Crippen LogP) is 0.259. The number of aryl methyl sites for hydroxylation is 1. The lowest BCUT2D eigenvalue weighted by molar-refractivity contribution is 0.671. The molecule has 1 N–H and O–H groups in total. The van der Waals surface area contributed by atoms with Crippen molar-refractivity contribution in [1.82, 2.24) is 29.5 Å². The van der Waals surface area contributed by atoms with Crippen LogP contribution in [0.25, 0.3) is 5.78 Å². The minimum absolute atomic E-state index is 0.0553. The molecule has 4 heterocycles. The van der Waals surface area contributed by atoms with E-state index in [4.69, 9.17) is 0 Å². The highest BCUT2D eigenvalue weighted by Gasteiger charge is 2.28. The minimum atomic E-state index is -0.0553. The number of fused-ring (bicyclic) bond motifs is 3. The number of aromatic nitrogens is 6. The monoisotopic (exact) mass is 309 g/mol. The van der Waals surface area contributed by atoms with Crippen LogP contribution in [0.3, 0.4) is 0 Å². The summed E-state index contributed by atoms with van der Waals surface area (Å²) >= 11 is 0. The van der Waals surface area contributed by atoms with E-state index in [9.17, 15) is 4.79 Å². The second-order valence-electron chi connectivity index (χ2n) is 6.01. The maximum absolute atomic E-state index is 12.1. The predicted molar refractivity (Wildman–Crippen MR) is 82.4 cm³/mol. The molecule has 0 aromatic carbocycles. The Balaban J connectivity index is 1.69. The van der Waals surface area contributed by atoms with Crippen LogP contribution in [-0.4, -0.2) is 36.1 Å². The van der Waals surface area contributed by atoms with Crippen LogP contribution in [0.1, 0.15) is 28.9 Å².